The normalized spacial score (nSPS) is 12.5. The standard InChI is InChI=1S/C3H3N2O6PS/c6-12(7)11-13(8,9)10-5-2-1-4-3-5/h1-3H/p+1. The molecule has 0 saturated heterocycles. The summed E-state index contributed by atoms with van der Waals surface area (Å²) in [6.07, 6.45) is 3.46. The fraction of sp³-hybridized carbons (Fsp3) is 0. The molecular formula is C3H4N2O6PS+. The van der Waals surface area contributed by atoms with Crippen molar-refractivity contribution in [3.8, 4) is 0 Å². The first-order chi connectivity index (χ1) is 5.99. The molecule has 13 heavy (non-hydrogen) atoms. The molecule has 8 nitrogen and oxygen atoms in total. The Kier molecular flexibility index (Phi) is 2.94. The average Bonchev–Trinajstić information content (AvgIpc) is 2.34. The molecule has 0 aliphatic carbocycles. The molecule has 1 heterocycles. The van der Waals surface area contributed by atoms with Crippen molar-refractivity contribution in [2.75, 3.05) is 0 Å². The van der Waals surface area contributed by atoms with Gasteiger partial charge >= 0.3 is 18.7 Å². The first kappa shape index (κ1) is 10.1. The molecule has 0 radical (unpaired) electrons. The summed E-state index contributed by atoms with van der Waals surface area (Å²) in [5.74, 6) is 0. The van der Waals surface area contributed by atoms with E-state index in [0.717, 1.165) is 6.33 Å². The average molecular weight is 227 g/mol. The van der Waals surface area contributed by atoms with Crippen molar-refractivity contribution in [2.24, 2.45) is 0 Å². The van der Waals surface area contributed by atoms with Gasteiger partial charge in [0.1, 0.15) is 6.33 Å². The number of imidazole rings is 1. The van der Waals surface area contributed by atoms with Crippen LogP contribution < -0.4 is 4.28 Å². The molecule has 0 fully saturated rings. The van der Waals surface area contributed by atoms with Gasteiger partial charge in [0.15, 0.2) is 0 Å². The van der Waals surface area contributed by atoms with Crippen LogP contribution in [-0.4, -0.2) is 23.0 Å². The van der Waals surface area contributed by atoms with Gasteiger partial charge < -0.3 is 0 Å². The predicted molar refractivity (Wildman–Crippen MR) is 38.6 cm³/mol. The van der Waals surface area contributed by atoms with Crippen molar-refractivity contribution >= 4 is 18.7 Å². The second-order valence-corrected chi connectivity index (χ2v) is 3.76. The summed E-state index contributed by atoms with van der Waals surface area (Å²) >= 11 is 0. The van der Waals surface area contributed by atoms with Crippen molar-refractivity contribution in [1.29, 1.82) is 0 Å². The van der Waals surface area contributed by atoms with Gasteiger partial charge in [-0.25, -0.2) is 4.98 Å². The van der Waals surface area contributed by atoms with Crippen LogP contribution in [0.1, 0.15) is 0 Å². The quantitative estimate of drug-likeness (QED) is 0.672. The molecule has 10 heteroatoms. The maximum atomic E-state index is 10.7. The van der Waals surface area contributed by atoms with E-state index in [4.69, 9.17) is 4.89 Å². The first-order valence-corrected chi connectivity index (χ1v) is 5.24. The van der Waals surface area contributed by atoms with Gasteiger partial charge in [0.2, 0.25) is 0 Å². The Labute approximate surface area is 74.0 Å². The van der Waals surface area contributed by atoms with E-state index in [-0.39, 0.29) is 0 Å². The van der Waals surface area contributed by atoms with E-state index >= 15 is 0 Å². The van der Waals surface area contributed by atoms with Gasteiger partial charge in [0.25, 0.3) is 0 Å². The number of hydrogen-bond donors (Lipinski definition) is 1. The van der Waals surface area contributed by atoms with Gasteiger partial charge in [-0.2, -0.15) is 13.1 Å². The second kappa shape index (κ2) is 3.79. The van der Waals surface area contributed by atoms with E-state index in [1.165, 1.54) is 12.4 Å². The molecular weight excluding hydrogens is 223 g/mol. The Morgan fingerprint density at radius 1 is 1.54 bits per heavy atom. The molecule has 0 aliphatic rings. The van der Waals surface area contributed by atoms with E-state index < -0.39 is 18.7 Å². The molecule has 1 aromatic rings. The second-order valence-electron chi connectivity index (χ2n) is 1.72. The maximum Gasteiger partial charge on any atom is 0.714 e. The van der Waals surface area contributed by atoms with Crippen LogP contribution in [0.4, 0.5) is 0 Å². The molecule has 0 saturated carbocycles. The van der Waals surface area contributed by atoms with Crippen LogP contribution in [0.2, 0.25) is 0 Å². The summed E-state index contributed by atoms with van der Waals surface area (Å²) in [5, 5.41) is 0. The van der Waals surface area contributed by atoms with Gasteiger partial charge in [-0.15, -0.1) is 4.89 Å². The Bertz CT molecular complexity index is 384. The Hall–Kier alpha value is -1.02. The van der Waals surface area contributed by atoms with Crippen LogP contribution >= 0.6 is 8.25 Å². The Balaban J connectivity index is 2.68. The van der Waals surface area contributed by atoms with Crippen LogP contribution in [0.5, 0.6) is 0 Å². The molecule has 1 N–H and O–H groups in total. The highest BCUT2D eigenvalue weighted by atomic mass is 32.3. The molecule has 0 spiro atoms. The molecule has 1 rings (SSSR count). The first-order valence-electron chi connectivity index (χ1n) is 2.78. The molecule has 0 amide bonds. The summed E-state index contributed by atoms with van der Waals surface area (Å²) in [5.41, 5.74) is 0. The Morgan fingerprint density at radius 3 is 2.69 bits per heavy atom. The number of rotatable bonds is 4. The van der Waals surface area contributed by atoms with E-state index in [2.05, 4.69) is 13.2 Å². The van der Waals surface area contributed by atoms with Crippen LogP contribution in [-0.2, 0) is 18.9 Å². The highest BCUT2D eigenvalue weighted by molar-refractivity contribution is 7.85. The van der Waals surface area contributed by atoms with Crippen molar-refractivity contribution in [1.82, 2.24) is 9.71 Å². The number of hydrogen-bond acceptors (Lipinski definition) is 6. The van der Waals surface area contributed by atoms with Crippen molar-refractivity contribution in [3.05, 3.63) is 18.7 Å². The zero-order valence-electron chi connectivity index (χ0n) is 5.97. The SMILES string of the molecule is O=[P+](O)OS(=O)(=O)On1ccnc1. The van der Waals surface area contributed by atoms with Crippen molar-refractivity contribution < 1.29 is 26.1 Å². The van der Waals surface area contributed by atoms with Gasteiger partial charge in [0, 0.05) is 10.8 Å². The minimum Gasteiger partial charge on any atom is -0.262 e. The summed E-state index contributed by atoms with van der Waals surface area (Å²) < 4.78 is 39.7. The zero-order valence-corrected chi connectivity index (χ0v) is 7.68. The predicted octanol–water partition coefficient (Wildman–Crippen LogP) is -0.777. The van der Waals surface area contributed by atoms with E-state index in [1.807, 2.05) is 0 Å². The topological polar surface area (TPSA) is 108 Å². The molecule has 72 valence electrons. The largest absolute Gasteiger partial charge is 0.714 e. The minimum atomic E-state index is -4.51. The lowest BCUT2D eigenvalue weighted by Crippen LogP contribution is -2.18. The number of aromatic nitrogens is 2. The Morgan fingerprint density at radius 2 is 2.23 bits per heavy atom. The van der Waals surface area contributed by atoms with E-state index in [9.17, 15) is 13.0 Å². The van der Waals surface area contributed by atoms with Crippen LogP contribution in [0.15, 0.2) is 18.7 Å². The van der Waals surface area contributed by atoms with Gasteiger partial charge in [-0.1, -0.05) is 0 Å². The smallest absolute Gasteiger partial charge is 0.262 e. The highest BCUT2D eigenvalue weighted by Gasteiger charge is 2.29. The van der Waals surface area contributed by atoms with Gasteiger partial charge in [-0.05, 0) is 0 Å². The molecule has 0 bridgehead atoms. The minimum absolute atomic E-state index is 0.703. The maximum absolute atomic E-state index is 10.7. The van der Waals surface area contributed by atoms with Crippen LogP contribution in [0.3, 0.4) is 0 Å². The third kappa shape index (κ3) is 3.47. The fourth-order valence-corrected chi connectivity index (χ4v) is 1.52. The van der Waals surface area contributed by atoms with Crippen molar-refractivity contribution in [2.45, 2.75) is 0 Å². The monoisotopic (exact) mass is 227 g/mol. The summed E-state index contributed by atoms with van der Waals surface area (Å²) in [6.45, 7) is 0. The number of nitrogens with zero attached hydrogens (tertiary/aromatic N) is 2. The molecule has 0 aromatic carbocycles. The molecule has 1 unspecified atom stereocenters. The third-order valence-electron chi connectivity index (χ3n) is 0.813. The summed E-state index contributed by atoms with van der Waals surface area (Å²) in [4.78, 5) is 11.6. The van der Waals surface area contributed by atoms with E-state index in [0.29, 0.717) is 4.73 Å². The lowest BCUT2D eigenvalue weighted by molar-refractivity contribution is 0.240. The molecule has 1 atom stereocenters. The van der Waals surface area contributed by atoms with E-state index in [1.54, 1.807) is 0 Å². The van der Waals surface area contributed by atoms with Crippen molar-refractivity contribution in [3.63, 3.8) is 0 Å². The zero-order chi connectivity index (χ0) is 9.90. The van der Waals surface area contributed by atoms with Crippen LogP contribution in [0.25, 0.3) is 0 Å². The fourth-order valence-electron chi connectivity index (χ4n) is 0.488. The molecule has 1 aromatic heterocycles. The lowest BCUT2D eigenvalue weighted by atomic mass is 11.0. The lowest BCUT2D eigenvalue weighted by Gasteiger charge is -1.97. The van der Waals surface area contributed by atoms with Crippen LogP contribution in [0, 0.1) is 0 Å². The van der Waals surface area contributed by atoms with Gasteiger partial charge in [0.05, 0.1) is 10.2 Å². The summed E-state index contributed by atoms with van der Waals surface area (Å²) in [7, 11) is -7.78. The molecule has 0 aliphatic heterocycles. The summed E-state index contributed by atoms with van der Waals surface area (Å²) in [6, 6.07) is 0. The highest BCUT2D eigenvalue weighted by Crippen LogP contribution is 2.18. The van der Waals surface area contributed by atoms with Gasteiger partial charge in [-0.3, -0.25) is 4.28 Å². The third-order valence-corrected chi connectivity index (χ3v) is 2.41.